The Morgan fingerprint density at radius 3 is 1.59 bits per heavy atom. The van der Waals surface area contributed by atoms with Crippen molar-refractivity contribution in [1.82, 2.24) is 29.8 Å². The van der Waals surface area contributed by atoms with E-state index in [0.29, 0.717) is 0 Å². The van der Waals surface area contributed by atoms with Crippen molar-refractivity contribution in [3.63, 3.8) is 0 Å². The fraction of sp³-hybridized carbons (Fsp3) is 0.217. The highest BCUT2D eigenvalue weighted by Crippen LogP contribution is 2.30. The molecule has 6 nitrogen and oxygen atoms in total. The summed E-state index contributed by atoms with van der Waals surface area (Å²) in [5, 5.41) is 12.1. The van der Waals surface area contributed by atoms with Crippen molar-refractivity contribution in [2.75, 3.05) is 26.2 Å². The zero-order valence-corrected chi connectivity index (χ0v) is 16.2. The van der Waals surface area contributed by atoms with Gasteiger partial charge in [-0.05, 0) is 47.5 Å². The van der Waals surface area contributed by atoms with Crippen LogP contribution >= 0.6 is 0 Å². The first-order valence-electron chi connectivity index (χ1n) is 10.0. The standard InChI is InChI=1S/C23H24N6/c1-11-25-28(15-1)21-7-3-19(4-8-21)23(27-17-13-24-14-18-27)20-5-9-22(10-6-20)29-16-2-12-26-29/h1-12,15-16,23-24H,13-14,17-18H2. The Bertz CT molecular complexity index is 936. The predicted octanol–water partition coefficient (Wildman–Crippen LogP) is 3.05. The summed E-state index contributed by atoms with van der Waals surface area (Å²) in [7, 11) is 0. The van der Waals surface area contributed by atoms with E-state index in [1.165, 1.54) is 11.1 Å². The minimum atomic E-state index is 0.232. The van der Waals surface area contributed by atoms with Gasteiger partial charge in [0.05, 0.1) is 17.4 Å². The van der Waals surface area contributed by atoms with Crippen LogP contribution < -0.4 is 5.32 Å². The first-order valence-corrected chi connectivity index (χ1v) is 10.0. The van der Waals surface area contributed by atoms with Crippen molar-refractivity contribution in [2.45, 2.75) is 6.04 Å². The molecule has 2 aromatic heterocycles. The van der Waals surface area contributed by atoms with E-state index >= 15 is 0 Å². The molecule has 1 saturated heterocycles. The number of hydrogen-bond acceptors (Lipinski definition) is 4. The molecule has 2 aromatic carbocycles. The third-order valence-electron chi connectivity index (χ3n) is 5.47. The van der Waals surface area contributed by atoms with E-state index < -0.39 is 0 Å². The van der Waals surface area contributed by atoms with Gasteiger partial charge in [-0.25, -0.2) is 9.36 Å². The third kappa shape index (κ3) is 3.72. The number of piperazine rings is 1. The average Bonchev–Trinajstić information content (AvgIpc) is 3.51. The van der Waals surface area contributed by atoms with Crippen molar-refractivity contribution in [3.05, 3.63) is 96.6 Å². The summed E-state index contributed by atoms with van der Waals surface area (Å²) in [4.78, 5) is 2.56. The van der Waals surface area contributed by atoms with Gasteiger partial charge in [0, 0.05) is 51.0 Å². The molecule has 0 atom stereocenters. The van der Waals surface area contributed by atoms with Gasteiger partial charge in [0.25, 0.3) is 0 Å². The number of nitrogens with one attached hydrogen (secondary N) is 1. The summed E-state index contributed by atoms with van der Waals surface area (Å²) in [5.74, 6) is 0. The van der Waals surface area contributed by atoms with Crippen LogP contribution in [0.1, 0.15) is 17.2 Å². The van der Waals surface area contributed by atoms with E-state index in [9.17, 15) is 0 Å². The topological polar surface area (TPSA) is 50.9 Å². The Balaban J connectivity index is 1.48. The maximum atomic E-state index is 4.33. The van der Waals surface area contributed by atoms with Gasteiger partial charge < -0.3 is 5.32 Å². The molecule has 0 spiro atoms. The number of hydrogen-bond donors (Lipinski definition) is 1. The maximum absolute atomic E-state index is 4.33. The van der Waals surface area contributed by atoms with Gasteiger partial charge in [0.2, 0.25) is 0 Å². The Hall–Kier alpha value is -3.22. The molecule has 1 aliphatic rings. The maximum Gasteiger partial charge on any atom is 0.0645 e. The normalized spacial score (nSPS) is 15.1. The largest absolute Gasteiger partial charge is 0.314 e. The molecule has 6 heteroatoms. The molecular formula is C23H24N6. The lowest BCUT2D eigenvalue weighted by atomic mass is 9.96. The Morgan fingerprint density at radius 1 is 0.690 bits per heavy atom. The van der Waals surface area contributed by atoms with Crippen molar-refractivity contribution in [1.29, 1.82) is 0 Å². The highest BCUT2D eigenvalue weighted by molar-refractivity contribution is 5.41. The highest BCUT2D eigenvalue weighted by atomic mass is 15.3. The second-order valence-corrected chi connectivity index (χ2v) is 7.27. The fourth-order valence-corrected chi connectivity index (χ4v) is 4.02. The van der Waals surface area contributed by atoms with Crippen molar-refractivity contribution >= 4 is 0 Å². The molecule has 0 aliphatic carbocycles. The van der Waals surface area contributed by atoms with Gasteiger partial charge >= 0.3 is 0 Å². The van der Waals surface area contributed by atoms with Gasteiger partial charge in [-0.1, -0.05) is 24.3 Å². The van der Waals surface area contributed by atoms with E-state index in [-0.39, 0.29) is 6.04 Å². The van der Waals surface area contributed by atoms with Crippen LogP contribution in [0, 0.1) is 0 Å². The molecule has 0 amide bonds. The SMILES string of the molecule is c1cnn(-c2ccc(C(c3ccc(-n4cccn4)cc3)N3CCNCC3)cc2)c1. The quantitative estimate of drug-likeness (QED) is 0.575. The minimum absolute atomic E-state index is 0.232. The number of nitrogens with zero attached hydrogens (tertiary/aromatic N) is 5. The Labute approximate surface area is 170 Å². The Morgan fingerprint density at radius 2 is 1.17 bits per heavy atom. The molecule has 5 rings (SSSR count). The summed E-state index contributed by atoms with van der Waals surface area (Å²) in [5.41, 5.74) is 4.75. The van der Waals surface area contributed by atoms with Gasteiger partial charge in [0.15, 0.2) is 0 Å². The van der Waals surface area contributed by atoms with Gasteiger partial charge in [-0.3, -0.25) is 4.90 Å². The first-order chi connectivity index (χ1) is 14.4. The molecule has 0 bridgehead atoms. The molecule has 0 radical (unpaired) electrons. The molecule has 0 unspecified atom stereocenters. The lowest BCUT2D eigenvalue weighted by Gasteiger charge is -2.35. The smallest absolute Gasteiger partial charge is 0.0645 e. The lowest BCUT2D eigenvalue weighted by molar-refractivity contribution is 0.198. The van der Waals surface area contributed by atoms with Crippen LogP contribution in [-0.4, -0.2) is 50.6 Å². The predicted molar refractivity (Wildman–Crippen MR) is 113 cm³/mol. The minimum Gasteiger partial charge on any atom is -0.314 e. The molecule has 29 heavy (non-hydrogen) atoms. The molecule has 146 valence electrons. The average molecular weight is 384 g/mol. The van der Waals surface area contributed by atoms with Crippen molar-refractivity contribution < 1.29 is 0 Å². The van der Waals surface area contributed by atoms with Crippen LogP contribution in [0.4, 0.5) is 0 Å². The molecule has 4 aromatic rings. The summed E-state index contributed by atoms with van der Waals surface area (Å²) < 4.78 is 3.78. The molecule has 1 fully saturated rings. The van der Waals surface area contributed by atoms with Gasteiger partial charge in [0.1, 0.15) is 0 Å². The number of benzene rings is 2. The molecule has 0 saturated carbocycles. The van der Waals surface area contributed by atoms with Crippen LogP contribution in [0.15, 0.2) is 85.5 Å². The monoisotopic (exact) mass is 384 g/mol. The van der Waals surface area contributed by atoms with E-state index in [1.54, 1.807) is 12.4 Å². The zero-order valence-electron chi connectivity index (χ0n) is 16.2. The number of aromatic nitrogens is 4. The highest BCUT2D eigenvalue weighted by Gasteiger charge is 2.24. The second kappa shape index (κ2) is 8.03. The van der Waals surface area contributed by atoms with Crippen LogP contribution in [0.2, 0.25) is 0 Å². The van der Waals surface area contributed by atoms with Crippen molar-refractivity contribution in [3.8, 4) is 11.4 Å². The lowest BCUT2D eigenvalue weighted by Crippen LogP contribution is -2.45. The third-order valence-corrected chi connectivity index (χ3v) is 5.47. The summed E-state index contributed by atoms with van der Waals surface area (Å²) in [6.45, 7) is 4.11. The second-order valence-electron chi connectivity index (χ2n) is 7.27. The molecular weight excluding hydrogens is 360 g/mol. The summed E-state index contributed by atoms with van der Waals surface area (Å²) >= 11 is 0. The number of rotatable bonds is 5. The van der Waals surface area contributed by atoms with E-state index in [2.05, 4.69) is 68.9 Å². The fourth-order valence-electron chi connectivity index (χ4n) is 4.02. The van der Waals surface area contributed by atoms with E-state index in [4.69, 9.17) is 0 Å². The molecule has 1 N–H and O–H groups in total. The zero-order chi connectivity index (χ0) is 19.5. The molecule has 3 heterocycles. The van der Waals surface area contributed by atoms with E-state index in [0.717, 1.165) is 37.6 Å². The van der Waals surface area contributed by atoms with Crippen LogP contribution in [-0.2, 0) is 0 Å². The molecule has 1 aliphatic heterocycles. The Kier molecular flexibility index (Phi) is 4.94. The van der Waals surface area contributed by atoms with Crippen molar-refractivity contribution in [2.24, 2.45) is 0 Å². The van der Waals surface area contributed by atoms with Gasteiger partial charge in [-0.15, -0.1) is 0 Å². The summed E-state index contributed by atoms with van der Waals surface area (Å²) in [6, 6.07) is 21.6. The van der Waals surface area contributed by atoms with Gasteiger partial charge in [-0.2, -0.15) is 10.2 Å². The van der Waals surface area contributed by atoms with Crippen LogP contribution in [0.25, 0.3) is 11.4 Å². The van der Waals surface area contributed by atoms with Crippen LogP contribution in [0.5, 0.6) is 0 Å². The van der Waals surface area contributed by atoms with Crippen LogP contribution in [0.3, 0.4) is 0 Å². The summed E-state index contributed by atoms with van der Waals surface area (Å²) in [6.07, 6.45) is 7.55. The first kappa shape index (κ1) is 17.8. The van der Waals surface area contributed by atoms with E-state index in [1.807, 2.05) is 33.9 Å².